The zero-order valence-corrected chi connectivity index (χ0v) is 15.5. The molecule has 2 aromatic heterocycles. The van der Waals surface area contributed by atoms with Crippen LogP contribution in [-0.2, 0) is 19.7 Å². The van der Waals surface area contributed by atoms with Crippen LogP contribution in [0.5, 0.6) is 5.75 Å². The predicted molar refractivity (Wildman–Crippen MR) is 99.9 cm³/mol. The highest BCUT2D eigenvalue weighted by atomic mass is 16.6. The number of hydrogen-bond acceptors (Lipinski definition) is 6. The average molecular weight is 384 g/mol. The monoisotopic (exact) mass is 384 g/mol. The first-order chi connectivity index (χ1) is 13.5. The van der Waals surface area contributed by atoms with Gasteiger partial charge in [-0.3, -0.25) is 19.6 Å². The minimum absolute atomic E-state index is 0.0353. The van der Waals surface area contributed by atoms with Crippen LogP contribution < -0.4 is 10.1 Å². The molecule has 9 heteroatoms. The van der Waals surface area contributed by atoms with Gasteiger partial charge in [-0.15, -0.1) is 0 Å². The molecule has 0 spiro atoms. The number of carbonyl (C=O) groups excluding carboxylic acids is 1. The SMILES string of the molecule is CCn1ccc(CNC(=O)c2ccc(COc3ccc([N+](=O)[O-])c(C)c3)o2)n1. The summed E-state index contributed by atoms with van der Waals surface area (Å²) in [5, 5.41) is 17.9. The van der Waals surface area contributed by atoms with Crippen LogP contribution >= 0.6 is 0 Å². The normalized spacial score (nSPS) is 10.6. The van der Waals surface area contributed by atoms with Crippen LogP contribution in [0.1, 0.15) is 34.5 Å². The lowest BCUT2D eigenvalue weighted by atomic mass is 10.2. The number of nitrogens with one attached hydrogen (secondary N) is 1. The van der Waals surface area contributed by atoms with Crippen molar-refractivity contribution in [3.8, 4) is 5.75 Å². The number of ether oxygens (including phenoxy) is 1. The van der Waals surface area contributed by atoms with E-state index in [9.17, 15) is 14.9 Å². The Morgan fingerprint density at radius 1 is 1.32 bits per heavy atom. The lowest BCUT2D eigenvalue weighted by Crippen LogP contribution is -2.22. The summed E-state index contributed by atoms with van der Waals surface area (Å²) >= 11 is 0. The molecule has 28 heavy (non-hydrogen) atoms. The van der Waals surface area contributed by atoms with Crippen LogP contribution in [0.2, 0.25) is 0 Å². The van der Waals surface area contributed by atoms with Crippen molar-refractivity contribution in [1.82, 2.24) is 15.1 Å². The van der Waals surface area contributed by atoms with Gasteiger partial charge < -0.3 is 14.5 Å². The van der Waals surface area contributed by atoms with Gasteiger partial charge in [0.2, 0.25) is 0 Å². The van der Waals surface area contributed by atoms with Gasteiger partial charge in [0.05, 0.1) is 17.2 Å². The molecule has 0 atom stereocenters. The van der Waals surface area contributed by atoms with E-state index in [0.29, 0.717) is 23.6 Å². The van der Waals surface area contributed by atoms with Crippen LogP contribution in [0.15, 0.2) is 47.0 Å². The molecule has 0 aliphatic heterocycles. The van der Waals surface area contributed by atoms with E-state index < -0.39 is 4.92 Å². The van der Waals surface area contributed by atoms with Crippen LogP contribution in [0.4, 0.5) is 5.69 Å². The molecular weight excluding hydrogens is 364 g/mol. The first kappa shape index (κ1) is 19.2. The Bertz CT molecular complexity index is 992. The molecule has 0 aliphatic carbocycles. The minimum Gasteiger partial charge on any atom is -0.486 e. The molecule has 146 valence electrons. The molecule has 1 N–H and O–H groups in total. The molecule has 9 nitrogen and oxygen atoms in total. The minimum atomic E-state index is -0.441. The van der Waals surface area contributed by atoms with Crippen LogP contribution in [-0.4, -0.2) is 20.6 Å². The quantitative estimate of drug-likeness (QED) is 0.471. The summed E-state index contributed by atoms with van der Waals surface area (Å²) in [7, 11) is 0. The second kappa shape index (κ2) is 8.38. The molecule has 3 rings (SSSR count). The summed E-state index contributed by atoms with van der Waals surface area (Å²) < 4.78 is 12.9. The second-order valence-corrected chi connectivity index (χ2v) is 6.11. The summed E-state index contributed by atoms with van der Waals surface area (Å²) in [6.45, 7) is 4.80. The molecular formula is C19H20N4O5. The lowest BCUT2D eigenvalue weighted by Gasteiger charge is -2.05. The van der Waals surface area contributed by atoms with Crippen molar-refractivity contribution in [2.24, 2.45) is 0 Å². The fourth-order valence-electron chi connectivity index (χ4n) is 2.59. The van der Waals surface area contributed by atoms with Crippen molar-refractivity contribution in [2.75, 3.05) is 0 Å². The molecule has 0 unspecified atom stereocenters. The Kier molecular flexibility index (Phi) is 5.73. The Balaban J connectivity index is 1.54. The molecule has 0 fully saturated rings. The Morgan fingerprint density at radius 2 is 2.14 bits per heavy atom. The van der Waals surface area contributed by atoms with E-state index in [2.05, 4.69) is 10.4 Å². The number of carbonyl (C=O) groups is 1. The lowest BCUT2D eigenvalue weighted by molar-refractivity contribution is -0.385. The molecule has 0 radical (unpaired) electrons. The van der Waals surface area contributed by atoms with E-state index in [1.165, 1.54) is 12.1 Å². The molecule has 0 aliphatic rings. The number of aryl methyl sites for hydroxylation is 2. The first-order valence-corrected chi connectivity index (χ1v) is 8.73. The molecule has 2 heterocycles. The van der Waals surface area contributed by atoms with Crippen molar-refractivity contribution in [2.45, 2.75) is 33.5 Å². The average Bonchev–Trinajstić information content (AvgIpc) is 3.33. The molecule has 0 bridgehead atoms. The van der Waals surface area contributed by atoms with Crippen LogP contribution in [0.3, 0.4) is 0 Å². The topological polar surface area (TPSA) is 112 Å². The smallest absolute Gasteiger partial charge is 0.287 e. The molecule has 0 saturated heterocycles. The number of rotatable bonds is 8. The number of furan rings is 1. The summed E-state index contributed by atoms with van der Waals surface area (Å²) in [6, 6.07) is 9.57. The van der Waals surface area contributed by atoms with Gasteiger partial charge in [-0.2, -0.15) is 5.10 Å². The third-order valence-electron chi connectivity index (χ3n) is 4.08. The zero-order chi connectivity index (χ0) is 20.1. The number of amides is 1. The third-order valence-corrected chi connectivity index (χ3v) is 4.08. The first-order valence-electron chi connectivity index (χ1n) is 8.73. The number of aromatic nitrogens is 2. The van der Waals surface area contributed by atoms with Crippen LogP contribution in [0.25, 0.3) is 0 Å². The van der Waals surface area contributed by atoms with Gasteiger partial charge in [0.1, 0.15) is 18.1 Å². The van der Waals surface area contributed by atoms with Crippen molar-refractivity contribution >= 4 is 11.6 Å². The van der Waals surface area contributed by atoms with E-state index in [0.717, 1.165) is 12.2 Å². The highest BCUT2D eigenvalue weighted by Gasteiger charge is 2.13. The van der Waals surface area contributed by atoms with Crippen LogP contribution in [0, 0.1) is 17.0 Å². The predicted octanol–water partition coefficient (Wildman–Crippen LogP) is 3.22. The summed E-state index contributed by atoms with van der Waals surface area (Å²) in [4.78, 5) is 22.6. The van der Waals surface area contributed by atoms with Gasteiger partial charge in [0, 0.05) is 24.4 Å². The maximum atomic E-state index is 12.2. The van der Waals surface area contributed by atoms with E-state index in [4.69, 9.17) is 9.15 Å². The number of nitrogens with zero attached hydrogens (tertiary/aromatic N) is 3. The fourth-order valence-corrected chi connectivity index (χ4v) is 2.59. The van der Waals surface area contributed by atoms with Crippen molar-refractivity contribution in [3.63, 3.8) is 0 Å². The maximum Gasteiger partial charge on any atom is 0.287 e. The Labute approximate surface area is 161 Å². The highest BCUT2D eigenvalue weighted by Crippen LogP contribution is 2.24. The summed E-state index contributed by atoms with van der Waals surface area (Å²) in [5.41, 5.74) is 1.31. The van der Waals surface area contributed by atoms with Crippen molar-refractivity contribution in [3.05, 3.63) is 75.5 Å². The number of nitro groups is 1. The standard InChI is InChI=1S/C19H20N4O5/c1-3-22-9-8-14(21-22)11-20-19(24)18-7-5-16(28-18)12-27-15-4-6-17(23(25)26)13(2)10-15/h4-10H,3,11-12H2,1-2H3,(H,20,24). The second-order valence-electron chi connectivity index (χ2n) is 6.11. The van der Waals surface area contributed by atoms with Crippen molar-refractivity contribution < 1.29 is 18.9 Å². The largest absolute Gasteiger partial charge is 0.486 e. The van der Waals surface area contributed by atoms with E-state index in [1.807, 2.05) is 19.2 Å². The fraction of sp³-hybridized carbons (Fsp3) is 0.263. The number of hydrogen-bond donors (Lipinski definition) is 1. The van der Waals surface area contributed by atoms with Crippen molar-refractivity contribution in [1.29, 1.82) is 0 Å². The Morgan fingerprint density at radius 3 is 2.82 bits per heavy atom. The van der Waals surface area contributed by atoms with Gasteiger partial charge in [-0.25, -0.2) is 0 Å². The molecule has 1 amide bonds. The number of nitro benzene ring substituents is 1. The molecule has 0 saturated carbocycles. The molecule has 3 aromatic rings. The maximum absolute atomic E-state index is 12.2. The van der Waals surface area contributed by atoms with E-state index >= 15 is 0 Å². The Hall–Kier alpha value is -3.62. The van der Waals surface area contributed by atoms with Gasteiger partial charge >= 0.3 is 0 Å². The molecule has 1 aromatic carbocycles. The summed E-state index contributed by atoms with van der Waals surface area (Å²) in [6.07, 6.45) is 1.85. The van der Waals surface area contributed by atoms with Gasteiger partial charge in [0.15, 0.2) is 5.76 Å². The van der Waals surface area contributed by atoms with E-state index in [1.54, 1.807) is 29.8 Å². The zero-order valence-electron chi connectivity index (χ0n) is 15.5. The number of benzene rings is 1. The third kappa shape index (κ3) is 4.56. The van der Waals surface area contributed by atoms with Gasteiger partial charge in [-0.05, 0) is 44.2 Å². The van der Waals surface area contributed by atoms with Gasteiger partial charge in [0.25, 0.3) is 11.6 Å². The van der Waals surface area contributed by atoms with Gasteiger partial charge in [-0.1, -0.05) is 0 Å². The van der Waals surface area contributed by atoms with E-state index in [-0.39, 0.29) is 24.0 Å². The highest BCUT2D eigenvalue weighted by molar-refractivity contribution is 5.91. The summed E-state index contributed by atoms with van der Waals surface area (Å²) in [5.74, 6) is 0.783.